The zero-order chi connectivity index (χ0) is 12.1. The highest BCUT2D eigenvalue weighted by Gasteiger charge is 2.22. The van der Waals surface area contributed by atoms with Gasteiger partial charge in [-0.3, -0.25) is 0 Å². The van der Waals surface area contributed by atoms with Crippen LogP contribution < -0.4 is 5.32 Å². The molecule has 92 valence electrons. The minimum atomic E-state index is 0.299. The van der Waals surface area contributed by atoms with Gasteiger partial charge in [-0.25, -0.2) is 0 Å². The fourth-order valence-corrected chi connectivity index (χ4v) is 1.47. The summed E-state index contributed by atoms with van der Waals surface area (Å²) < 4.78 is 0. The summed E-state index contributed by atoms with van der Waals surface area (Å²) in [5.74, 6) is 0. The molecule has 0 aliphatic carbocycles. The zero-order valence-electron chi connectivity index (χ0n) is 11.9. The van der Waals surface area contributed by atoms with Crippen molar-refractivity contribution < 1.29 is 5.32 Å². The Bertz CT molecular complexity index is 168. The summed E-state index contributed by atoms with van der Waals surface area (Å²) in [6.45, 7) is 14.0. The molecule has 0 heterocycles. The maximum atomic E-state index is 2.45. The van der Waals surface area contributed by atoms with Gasteiger partial charge in [-0.15, -0.1) is 0 Å². The van der Waals surface area contributed by atoms with Crippen LogP contribution in [0.15, 0.2) is 0 Å². The monoisotopic (exact) mass is 215 g/mol. The number of nitrogens with two attached hydrogens (primary N) is 1. The molecule has 0 unspecified atom stereocenters. The first-order valence-electron chi connectivity index (χ1n) is 6.18. The van der Waals surface area contributed by atoms with Gasteiger partial charge in [0.15, 0.2) is 0 Å². The van der Waals surface area contributed by atoms with Crippen molar-refractivity contribution in [3.8, 4) is 0 Å². The third-order valence-corrected chi connectivity index (χ3v) is 3.38. The molecule has 0 saturated heterocycles. The average Bonchev–Trinajstić information content (AvgIpc) is 2.09. The Morgan fingerprint density at radius 3 is 1.93 bits per heavy atom. The first kappa shape index (κ1) is 14.9. The van der Waals surface area contributed by atoms with Gasteiger partial charge in [-0.05, 0) is 46.2 Å². The average molecular weight is 215 g/mol. The smallest absolute Gasteiger partial charge is 0.0758 e. The van der Waals surface area contributed by atoms with Crippen LogP contribution in [0.1, 0.15) is 47.5 Å². The number of hydrogen-bond acceptors (Lipinski definition) is 1. The van der Waals surface area contributed by atoms with Crippen LogP contribution in [0, 0.1) is 5.41 Å². The molecule has 0 atom stereocenters. The molecule has 0 saturated carbocycles. The molecule has 0 bridgehead atoms. The van der Waals surface area contributed by atoms with Gasteiger partial charge in [0, 0.05) is 12.0 Å². The van der Waals surface area contributed by atoms with E-state index in [2.05, 4.69) is 58.9 Å². The molecule has 2 heteroatoms. The topological polar surface area (TPSA) is 19.9 Å². The first-order chi connectivity index (χ1) is 6.69. The summed E-state index contributed by atoms with van der Waals surface area (Å²) >= 11 is 0. The molecule has 0 aliphatic rings. The van der Waals surface area contributed by atoms with Gasteiger partial charge < -0.3 is 10.2 Å². The molecule has 0 aromatic rings. The molecule has 0 spiro atoms. The second-order valence-electron chi connectivity index (χ2n) is 6.45. The maximum Gasteiger partial charge on any atom is 0.0758 e. The minimum Gasteiger partial charge on any atom is -0.349 e. The van der Waals surface area contributed by atoms with Crippen molar-refractivity contribution in [2.75, 3.05) is 27.2 Å². The van der Waals surface area contributed by atoms with E-state index in [9.17, 15) is 0 Å². The Kier molecular flexibility index (Phi) is 5.82. The van der Waals surface area contributed by atoms with Crippen LogP contribution in [0.3, 0.4) is 0 Å². The Hall–Kier alpha value is -0.0800. The predicted octanol–water partition coefficient (Wildman–Crippen LogP) is 1.72. The van der Waals surface area contributed by atoms with E-state index >= 15 is 0 Å². The number of nitrogens with zero attached hydrogens (tertiary/aromatic N) is 1. The van der Waals surface area contributed by atoms with Gasteiger partial charge in [0.1, 0.15) is 0 Å². The van der Waals surface area contributed by atoms with Crippen molar-refractivity contribution in [3.63, 3.8) is 0 Å². The largest absolute Gasteiger partial charge is 0.349 e. The summed E-state index contributed by atoms with van der Waals surface area (Å²) in [6.07, 6.45) is 2.59. The van der Waals surface area contributed by atoms with Gasteiger partial charge in [0.25, 0.3) is 0 Å². The van der Waals surface area contributed by atoms with Crippen LogP contribution in [0.2, 0.25) is 0 Å². The van der Waals surface area contributed by atoms with E-state index in [1.807, 2.05) is 0 Å². The van der Waals surface area contributed by atoms with E-state index in [1.54, 1.807) is 0 Å². The zero-order valence-corrected chi connectivity index (χ0v) is 11.9. The van der Waals surface area contributed by atoms with Crippen LogP contribution in [0.25, 0.3) is 0 Å². The van der Waals surface area contributed by atoms with Crippen LogP contribution in [-0.4, -0.2) is 37.6 Å². The van der Waals surface area contributed by atoms with Gasteiger partial charge in [-0.2, -0.15) is 0 Å². The van der Waals surface area contributed by atoms with Crippen LogP contribution in [0.4, 0.5) is 0 Å². The molecule has 0 aromatic heterocycles. The van der Waals surface area contributed by atoms with Crippen molar-refractivity contribution in [1.82, 2.24) is 4.90 Å². The summed E-state index contributed by atoms with van der Waals surface area (Å²) in [7, 11) is 4.37. The van der Waals surface area contributed by atoms with Gasteiger partial charge >= 0.3 is 0 Å². The predicted molar refractivity (Wildman–Crippen MR) is 68.1 cm³/mol. The fourth-order valence-electron chi connectivity index (χ4n) is 1.47. The van der Waals surface area contributed by atoms with E-state index in [4.69, 9.17) is 0 Å². The molecule has 0 aliphatic heterocycles. The fraction of sp³-hybridized carbons (Fsp3) is 1.00. The Labute approximate surface area is 96.4 Å². The molecule has 0 rings (SSSR count). The number of rotatable bonds is 6. The lowest BCUT2D eigenvalue weighted by Gasteiger charge is -2.34. The van der Waals surface area contributed by atoms with E-state index in [0.717, 1.165) is 0 Å². The molecule has 0 fully saturated rings. The maximum absolute atomic E-state index is 2.45. The number of hydrogen-bond donors (Lipinski definition) is 1. The highest BCUT2D eigenvalue weighted by Crippen LogP contribution is 2.25. The van der Waals surface area contributed by atoms with E-state index in [-0.39, 0.29) is 0 Å². The highest BCUT2D eigenvalue weighted by atomic mass is 15.1. The lowest BCUT2D eigenvalue weighted by atomic mass is 9.85. The van der Waals surface area contributed by atoms with Crippen LogP contribution >= 0.6 is 0 Å². The van der Waals surface area contributed by atoms with Gasteiger partial charge in [0.2, 0.25) is 0 Å². The second-order valence-corrected chi connectivity index (χ2v) is 6.45. The van der Waals surface area contributed by atoms with Crippen molar-refractivity contribution in [3.05, 3.63) is 0 Å². The molecular formula is C13H31N2+. The normalized spacial score (nSPS) is 13.6. The Morgan fingerprint density at radius 2 is 1.53 bits per heavy atom. The minimum absolute atomic E-state index is 0.299. The summed E-state index contributed by atoms with van der Waals surface area (Å²) in [5, 5.41) is 2.27. The van der Waals surface area contributed by atoms with Crippen molar-refractivity contribution >= 4 is 0 Å². The molecule has 15 heavy (non-hydrogen) atoms. The van der Waals surface area contributed by atoms with Crippen molar-refractivity contribution in [1.29, 1.82) is 0 Å². The molecule has 2 N–H and O–H groups in total. The van der Waals surface area contributed by atoms with E-state index in [0.29, 0.717) is 11.0 Å². The van der Waals surface area contributed by atoms with Crippen LogP contribution in [-0.2, 0) is 0 Å². The summed E-state index contributed by atoms with van der Waals surface area (Å²) in [4.78, 5) is 2.45. The summed E-state index contributed by atoms with van der Waals surface area (Å²) in [5.41, 5.74) is 0.777. The third kappa shape index (κ3) is 6.91. The van der Waals surface area contributed by atoms with E-state index < -0.39 is 0 Å². The second kappa shape index (κ2) is 5.86. The van der Waals surface area contributed by atoms with Crippen molar-refractivity contribution in [2.45, 2.75) is 53.0 Å². The third-order valence-electron chi connectivity index (χ3n) is 3.38. The Balaban J connectivity index is 3.92. The standard InChI is InChI=1S/C13H30N2/c1-12(2,3)15(7)11-9-13(4,5)8-10-14-6/h14H,8-11H2,1-7H3/p+1. The lowest BCUT2D eigenvalue weighted by molar-refractivity contribution is -0.628. The highest BCUT2D eigenvalue weighted by molar-refractivity contribution is 4.76. The van der Waals surface area contributed by atoms with Crippen molar-refractivity contribution in [2.24, 2.45) is 5.41 Å². The SMILES string of the molecule is C[NH2+]CCC(C)(C)CCN(C)C(C)(C)C. The van der Waals surface area contributed by atoms with E-state index in [1.165, 1.54) is 25.9 Å². The Morgan fingerprint density at radius 1 is 1.00 bits per heavy atom. The summed E-state index contributed by atoms with van der Waals surface area (Å²) in [6, 6.07) is 0. The van der Waals surface area contributed by atoms with Gasteiger partial charge in [0.05, 0.1) is 13.6 Å². The quantitative estimate of drug-likeness (QED) is 0.715. The van der Waals surface area contributed by atoms with Crippen LogP contribution in [0.5, 0.6) is 0 Å². The first-order valence-corrected chi connectivity index (χ1v) is 6.18. The molecule has 0 amide bonds. The number of quaternary nitrogens is 1. The molecular weight excluding hydrogens is 184 g/mol. The molecule has 0 radical (unpaired) electrons. The molecule has 2 nitrogen and oxygen atoms in total. The lowest BCUT2D eigenvalue weighted by Crippen LogP contribution is -2.80. The molecule has 0 aromatic carbocycles. The van der Waals surface area contributed by atoms with Gasteiger partial charge in [-0.1, -0.05) is 13.8 Å².